The first-order valence-corrected chi connectivity index (χ1v) is 11.1. The van der Waals surface area contributed by atoms with Gasteiger partial charge in [-0.1, -0.05) is 30.3 Å². The van der Waals surface area contributed by atoms with Crippen LogP contribution >= 0.6 is 0 Å². The molecule has 0 aliphatic heterocycles. The van der Waals surface area contributed by atoms with E-state index in [1.54, 1.807) is 29.0 Å². The molecular formula is C23H30N5O3+. The summed E-state index contributed by atoms with van der Waals surface area (Å²) in [6.07, 6.45) is 7.77. The van der Waals surface area contributed by atoms with Crippen molar-refractivity contribution in [2.45, 2.75) is 58.0 Å². The molecule has 1 aliphatic carbocycles. The zero-order chi connectivity index (χ0) is 21.8. The topological polar surface area (TPSA) is 103 Å². The van der Waals surface area contributed by atoms with Crippen molar-refractivity contribution >= 4 is 28.4 Å². The van der Waals surface area contributed by atoms with E-state index in [-0.39, 0.29) is 17.5 Å². The second-order valence-electron chi connectivity index (χ2n) is 8.04. The molecule has 0 bridgehead atoms. The summed E-state index contributed by atoms with van der Waals surface area (Å²) >= 11 is 0. The molecule has 1 amide bonds. The summed E-state index contributed by atoms with van der Waals surface area (Å²) in [5.74, 6) is 0.0897. The molecule has 8 heteroatoms. The Labute approximate surface area is 181 Å². The predicted octanol–water partition coefficient (Wildman–Crippen LogP) is 2.21. The van der Waals surface area contributed by atoms with Gasteiger partial charge in [0, 0.05) is 31.9 Å². The Hall–Kier alpha value is -3.00. The van der Waals surface area contributed by atoms with Gasteiger partial charge in [0.1, 0.15) is 10.9 Å². The van der Waals surface area contributed by atoms with Gasteiger partial charge in [-0.15, -0.1) is 0 Å². The van der Waals surface area contributed by atoms with Crippen molar-refractivity contribution in [3.05, 3.63) is 46.4 Å². The fraction of sp³-hybridized carbons (Fsp3) is 0.478. The van der Waals surface area contributed by atoms with E-state index in [0.29, 0.717) is 54.2 Å². The number of fused-ring (bicyclic) bond motifs is 2. The van der Waals surface area contributed by atoms with Gasteiger partial charge in [-0.2, -0.15) is 0 Å². The number of ether oxygens (including phenoxy) is 1. The minimum Gasteiger partial charge on any atom is -0.382 e. The van der Waals surface area contributed by atoms with Gasteiger partial charge < -0.3 is 15.8 Å². The van der Waals surface area contributed by atoms with Crippen molar-refractivity contribution in [2.24, 2.45) is 0 Å². The molecule has 164 valence electrons. The molecule has 3 aromatic heterocycles. The minimum atomic E-state index is -0.234. The number of hydrogen-bond acceptors (Lipinski definition) is 5. The predicted molar refractivity (Wildman–Crippen MR) is 119 cm³/mol. The second-order valence-corrected chi connectivity index (χ2v) is 8.04. The molecule has 8 nitrogen and oxygen atoms in total. The Morgan fingerprint density at radius 1 is 1.32 bits per heavy atom. The molecule has 3 aromatic rings. The molecule has 0 spiro atoms. The van der Waals surface area contributed by atoms with E-state index in [9.17, 15) is 9.59 Å². The lowest BCUT2D eigenvalue weighted by atomic mass is 9.95. The summed E-state index contributed by atoms with van der Waals surface area (Å²) < 4.78 is 8.73. The van der Waals surface area contributed by atoms with Gasteiger partial charge in [0.25, 0.3) is 17.1 Å². The molecule has 1 aliphatic rings. The fourth-order valence-electron chi connectivity index (χ4n) is 4.29. The molecule has 4 rings (SSSR count). The maximum atomic E-state index is 13.2. The van der Waals surface area contributed by atoms with Crippen LogP contribution in [-0.2, 0) is 11.3 Å². The average molecular weight is 425 g/mol. The van der Waals surface area contributed by atoms with Crippen molar-refractivity contribution in [2.75, 3.05) is 18.9 Å². The molecule has 0 aromatic carbocycles. The van der Waals surface area contributed by atoms with Crippen LogP contribution in [0.15, 0.2) is 35.3 Å². The van der Waals surface area contributed by atoms with E-state index >= 15 is 0 Å². The number of hydrogen-bond donors (Lipinski definition) is 2. The first-order valence-electron chi connectivity index (χ1n) is 11.1. The molecule has 1 saturated carbocycles. The molecule has 31 heavy (non-hydrogen) atoms. The molecule has 0 atom stereocenters. The maximum absolute atomic E-state index is 13.2. The molecular weight excluding hydrogens is 394 g/mol. The summed E-state index contributed by atoms with van der Waals surface area (Å²) in [6, 6.07) is 7.15. The van der Waals surface area contributed by atoms with E-state index in [1.165, 1.54) is 10.8 Å². The van der Waals surface area contributed by atoms with E-state index < -0.39 is 0 Å². The van der Waals surface area contributed by atoms with Crippen LogP contribution in [0.25, 0.3) is 16.7 Å². The van der Waals surface area contributed by atoms with Crippen LogP contribution in [0.5, 0.6) is 0 Å². The quantitative estimate of drug-likeness (QED) is 0.344. The van der Waals surface area contributed by atoms with Gasteiger partial charge in [-0.05, 0) is 38.0 Å². The lowest BCUT2D eigenvalue weighted by molar-refractivity contribution is -0.659. The fourth-order valence-corrected chi connectivity index (χ4v) is 4.29. The number of carbonyl (C=O) groups is 1. The monoisotopic (exact) mass is 424 g/mol. The highest BCUT2D eigenvalue weighted by Crippen LogP contribution is 2.19. The highest BCUT2D eigenvalue weighted by atomic mass is 16.5. The molecule has 1 fully saturated rings. The van der Waals surface area contributed by atoms with Crippen LogP contribution in [0, 0.1) is 0 Å². The van der Waals surface area contributed by atoms with E-state index in [2.05, 4.69) is 10.3 Å². The number of nitrogens with one attached hydrogen (secondary N) is 1. The zero-order valence-corrected chi connectivity index (χ0v) is 18.0. The SMILES string of the molecule is CCOCCC[n+]1c(N)c(C(=O)NC2CCCCC2)cc2c(=O)n3ccccc3nc21. The Balaban J connectivity index is 1.80. The number of nitrogens with zero attached hydrogens (tertiary/aromatic N) is 3. The standard InChI is InChI=1S/C23H29N5O3/c1-2-31-14-8-13-28-20(24)17(22(29)25-16-9-4-3-5-10-16)15-18-21(28)26-19-11-6-7-12-27(19)23(18)30/h6-7,11-12,15-16,24H,2-5,8-10,13-14H2,1H3,(H,25,29)/p+1. The Kier molecular flexibility index (Phi) is 6.46. The largest absolute Gasteiger partial charge is 0.382 e. The minimum absolute atomic E-state index is 0.151. The lowest BCUT2D eigenvalue weighted by Gasteiger charge is -2.23. The molecule has 3 N–H and O–H groups in total. The summed E-state index contributed by atoms with van der Waals surface area (Å²) in [6.45, 7) is 3.65. The smallest absolute Gasteiger partial charge is 0.278 e. The second kappa shape index (κ2) is 9.43. The van der Waals surface area contributed by atoms with Gasteiger partial charge >= 0.3 is 0 Å². The van der Waals surface area contributed by atoms with Gasteiger partial charge in [0.2, 0.25) is 11.5 Å². The number of nitrogens with two attached hydrogens (primary N) is 1. The summed E-state index contributed by atoms with van der Waals surface area (Å²) in [4.78, 5) is 31.0. The third-order valence-corrected chi connectivity index (χ3v) is 5.92. The summed E-state index contributed by atoms with van der Waals surface area (Å²) in [7, 11) is 0. The molecule has 3 heterocycles. The zero-order valence-electron chi connectivity index (χ0n) is 18.0. The average Bonchev–Trinajstić information content (AvgIpc) is 2.78. The number of anilines is 1. The number of aryl methyl sites for hydroxylation is 1. The number of aromatic nitrogens is 3. The molecule has 0 saturated heterocycles. The lowest BCUT2D eigenvalue weighted by Crippen LogP contribution is -2.44. The van der Waals surface area contributed by atoms with Crippen molar-refractivity contribution < 1.29 is 14.1 Å². The van der Waals surface area contributed by atoms with Crippen LogP contribution in [0.2, 0.25) is 0 Å². The van der Waals surface area contributed by atoms with E-state index in [4.69, 9.17) is 10.5 Å². The van der Waals surface area contributed by atoms with Gasteiger partial charge in [-0.25, -0.2) is 4.57 Å². The third-order valence-electron chi connectivity index (χ3n) is 5.92. The van der Waals surface area contributed by atoms with E-state index in [1.807, 2.05) is 13.0 Å². The summed E-state index contributed by atoms with van der Waals surface area (Å²) in [5.41, 5.74) is 7.61. The number of carbonyl (C=O) groups excluding carboxylic acids is 1. The molecule has 0 radical (unpaired) electrons. The van der Waals surface area contributed by atoms with Crippen LogP contribution in [0.3, 0.4) is 0 Å². The Morgan fingerprint density at radius 3 is 2.90 bits per heavy atom. The first kappa shape index (κ1) is 21.2. The summed E-state index contributed by atoms with van der Waals surface area (Å²) in [5, 5.41) is 3.49. The van der Waals surface area contributed by atoms with Gasteiger partial charge in [0.15, 0.2) is 0 Å². The first-order chi connectivity index (χ1) is 15.1. The van der Waals surface area contributed by atoms with Crippen LogP contribution < -0.4 is 21.2 Å². The highest BCUT2D eigenvalue weighted by Gasteiger charge is 2.26. The van der Waals surface area contributed by atoms with Crippen molar-refractivity contribution in [1.29, 1.82) is 0 Å². The number of rotatable bonds is 7. The van der Waals surface area contributed by atoms with Crippen molar-refractivity contribution in [3.8, 4) is 0 Å². The van der Waals surface area contributed by atoms with E-state index in [0.717, 1.165) is 25.7 Å². The van der Waals surface area contributed by atoms with Gasteiger partial charge in [0.05, 0.1) is 6.54 Å². The maximum Gasteiger partial charge on any atom is 0.278 e. The van der Waals surface area contributed by atoms with Crippen LogP contribution in [0.1, 0.15) is 55.8 Å². The van der Waals surface area contributed by atoms with Gasteiger partial charge in [-0.3, -0.25) is 14.0 Å². The third kappa shape index (κ3) is 4.39. The van der Waals surface area contributed by atoms with Crippen molar-refractivity contribution in [3.63, 3.8) is 0 Å². The number of amides is 1. The van der Waals surface area contributed by atoms with Crippen molar-refractivity contribution in [1.82, 2.24) is 14.7 Å². The molecule has 0 unspecified atom stereocenters. The van der Waals surface area contributed by atoms with Crippen LogP contribution in [-0.4, -0.2) is 34.5 Å². The Morgan fingerprint density at radius 2 is 2.13 bits per heavy atom. The normalized spacial score (nSPS) is 14.9. The number of pyridine rings is 2. The van der Waals surface area contributed by atoms with Crippen LogP contribution in [0.4, 0.5) is 5.82 Å². The Bertz CT molecular complexity index is 1150. The number of nitrogen functional groups attached to an aromatic ring is 1. The highest BCUT2D eigenvalue weighted by molar-refractivity contribution is 6.00.